The molecular formula is C27H40Cl2FeN5O4+. The van der Waals surface area contributed by atoms with Gasteiger partial charge in [-0.25, -0.2) is 0 Å². The fourth-order valence-electron chi connectivity index (χ4n) is 3.51. The fraction of sp³-hybridized carbons (Fsp3) is 0.630. The third-order valence-electron chi connectivity index (χ3n) is 7.02. The second-order valence-corrected chi connectivity index (χ2v) is 11.6. The third kappa shape index (κ3) is 9.08. The Kier molecular flexibility index (Phi) is 13.5. The van der Waals surface area contributed by atoms with Crippen LogP contribution < -0.4 is 0 Å². The molecule has 4 amide bonds. The average Bonchev–Trinajstić information content (AvgIpc) is 2.83. The van der Waals surface area contributed by atoms with E-state index in [-0.39, 0.29) is 38.5 Å². The molecule has 0 unspecified atom stereocenters. The van der Waals surface area contributed by atoms with Gasteiger partial charge in [0.1, 0.15) is 0 Å². The molecule has 39 heavy (non-hydrogen) atoms. The zero-order valence-electron chi connectivity index (χ0n) is 24.5. The van der Waals surface area contributed by atoms with Crippen molar-refractivity contribution in [3.63, 3.8) is 0 Å². The maximum absolute atomic E-state index is 12.7. The van der Waals surface area contributed by atoms with Crippen LogP contribution in [0, 0.1) is 5.41 Å². The SMILES string of the molecule is CC1(C)[N-]C(=O)C(C)(C)C(=O)[N-]C(C)(C)C(=O)[N-]c2cc(Cl)c(Cl)cc2[N-]C1=O.CC[N+](CC)(CC)CC.[Fe+4]. The van der Waals surface area contributed by atoms with Crippen LogP contribution in [0.1, 0.15) is 69.2 Å². The number of quaternary nitrogens is 1. The summed E-state index contributed by atoms with van der Waals surface area (Å²) in [5.41, 5.74) is -4.87. The number of nitrogens with zero attached hydrogens (tertiary/aromatic N) is 5. The summed E-state index contributed by atoms with van der Waals surface area (Å²) in [5, 5.41) is 15.9. The van der Waals surface area contributed by atoms with Crippen molar-refractivity contribution in [2.45, 2.75) is 80.3 Å². The summed E-state index contributed by atoms with van der Waals surface area (Å²) in [6.45, 7) is 22.4. The topological polar surface area (TPSA) is 125 Å². The van der Waals surface area contributed by atoms with Crippen molar-refractivity contribution in [1.82, 2.24) is 0 Å². The van der Waals surface area contributed by atoms with Crippen LogP contribution in [0.4, 0.5) is 11.4 Å². The number of amides is 4. The van der Waals surface area contributed by atoms with E-state index >= 15 is 0 Å². The summed E-state index contributed by atoms with van der Waals surface area (Å²) in [5.74, 6) is -3.28. The Labute approximate surface area is 253 Å². The van der Waals surface area contributed by atoms with Gasteiger partial charge in [0.15, 0.2) is 0 Å². The minimum Gasteiger partial charge on any atom is -0.643 e. The van der Waals surface area contributed by atoms with Crippen molar-refractivity contribution in [2.24, 2.45) is 5.41 Å². The zero-order chi connectivity index (χ0) is 29.7. The van der Waals surface area contributed by atoms with Gasteiger partial charge in [0.05, 0.1) is 48.0 Å². The molecule has 2 rings (SSSR count). The van der Waals surface area contributed by atoms with Crippen molar-refractivity contribution in [1.29, 1.82) is 0 Å². The van der Waals surface area contributed by atoms with Crippen LogP contribution >= 0.6 is 23.2 Å². The molecule has 0 spiro atoms. The van der Waals surface area contributed by atoms with Crippen molar-refractivity contribution >= 4 is 58.2 Å². The molecule has 1 aromatic rings. The molecule has 1 aliphatic heterocycles. The summed E-state index contributed by atoms with van der Waals surface area (Å²) in [4.78, 5) is 50.8. The first-order valence-electron chi connectivity index (χ1n) is 12.7. The number of rotatable bonds is 4. The van der Waals surface area contributed by atoms with Gasteiger partial charge in [-0.05, 0) is 41.5 Å². The molecule has 0 fully saturated rings. The summed E-state index contributed by atoms with van der Waals surface area (Å²) >= 11 is 12.0. The predicted molar refractivity (Wildman–Crippen MR) is 154 cm³/mol. The van der Waals surface area contributed by atoms with Crippen molar-refractivity contribution in [2.75, 3.05) is 26.2 Å². The van der Waals surface area contributed by atoms with Crippen LogP contribution in [0.25, 0.3) is 21.3 Å². The van der Waals surface area contributed by atoms with Crippen molar-refractivity contribution < 1.29 is 40.7 Å². The fourth-order valence-corrected chi connectivity index (χ4v) is 3.83. The van der Waals surface area contributed by atoms with Gasteiger partial charge in [-0.1, -0.05) is 74.1 Å². The summed E-state index contributed by atoms with van der Waals surface area (Å²) in [6, 6.07) is 2.56. The third-order valence-corrected chi connectivity index (χ3v) is 7.75. The second-order valence-electron chi connectivity index (χ2n) is 10.8. The van der Waals surface area contributed by atoms with E-state index in [4.69, 9.17) is 23.2 Å². The molecule has 0 radical (unpaired) electrons. The smallest absolute Gasteiger partial charge is 0.643 e. The van der Waals surface area contributed by atoms with Gasteiger partial charge in [-0.3, -0.25) is 0 Å². The van der Waals surface area contributed by atoms with E-state index in [1.807, 2.05) is 0 Å². The molecule has 0 aliphatic carbocycles. The first-order chi connectivity index (χ1) is 17.3. The van der Waals surface area contributed by atoms with E-state index < -0.39 is 40.1 Å². The summed E-state index contributed by atoms with van der Waals surface area (Å²) in [7, 11) is 0. The van der Waals surface area contributed by atoms with Gasteiger partial charge in [-0.15, -0.1) is 11.4 Å². The number of carbonyl (C=O) groups excluding carboxylic acids is 4. The van der Waals surface area contributed by atoms with Crippen molar-refractivity contribution in [3.8, 4) is 0 Å². The first-order valence-corrected chi connectivity index (χ1v) is 13.5. The van der Waals surface area contributed by atoms with E-state index in [0.717, 1.165) is 0 Å². The Hall–Kier alpha value is -1.84. The van der Waals surface area contributed by atoms with Crippen LogP contribution in [-0.4, -0.2) is 65.4 Å². The normalized spacial score (nSPS) is 18.6. The van der Waals surface area contributed by atoms with E-state index in [1.54, 1.807) is 0 Å². The van der Waals surface area contributed by atoms with Crippen LogP contribution in [0.2, 0.25) is 10.0 Å². The quantitative estimate of drug-likeness (QED) is 0.197. The monoisotopic (exact) mass is 624 g/mol. The average molecular weight is 625 g/mol. The van der Waals surface area contributed by atoms with Gasteiger partial charge in [0.25, 0.3) is 0 Å². The summed E-state index contributed by atoms with van der Waals surface area (Å²) < 4.78 is 1.28. The second kappa shape index (κ2) is 14.2. The largest absolute Gasteiger partial charge is 4.00 e. The Morgan fingerprint density at radius 3 is 1.13 bits per heavy atom. The molecule has 1 heterocycles. The molecule has 0 N–H and O–H groups in total. The van der Waals surface area contributed by atoms with Gasteiger partial charge in [0, 0.05) is 17.2 Å². The summed E-state index contributed by atoms with van der Waals surface area (Å²) in [6.07, 6.45) is 0. The molecule has 0 atom stereocenters. The van der Waals surface area contributed by atoms with E-state index in [0.29, 0.717) is 0 Å². The standard InChI is InChI=1S/C19H24Cl2N4O4.C8H20N.Fe/c1-17(2)13(26)24-18(3,4)15(28)22-11-7-9(20)10(21)8-12(11)23-16(29)19(5,6)25-14(17)27;1-5-9(6-2,7-3)8-4;/h7-8H,1-6H3,(H4,22,23,24,25,26,27,28,29);5-8H2,1-4H3;/q;+1;+4/p-4. The molecule has 0 saturated heterocycles. The van der Waals surface area contributed by atoms with Gasteiger partial charge >= 0.3 is 17.1 Å². The molecule has 0 saturated carbocycles. The number of fused-ring (bicyclic) bond motifs is 1. The van der Waals surface area contributed by atoms with Gasteiger partial charge in [-0.2, -0.15) is 0 Å². The van der Waals surface area contributed by atoms with E-state index in [9.17, 15) is 19.2 Å². The number of hydrogen-bond acceptors (Lipinski definition) is 4. The van der Waals surface area contributed by atoms with Crippen molar-refractivity contribution in [3.05, 3.63) is 43.4 Å². The van der Waals surface area contributed by atoms with Crippen LogP contribution in [0.3, 0.4) is 0 Å². The molecule has 12 heteroatoms. The van der Waals surface area contributed by atoms with Gasteiger partial charge in [0.2, 0.25) is 0 Å². The minimum absolute atomic E-state index is 0. The van der Waals surface area contributed by atoms with E-state index in [2.05, 4.69) is 49.0 Å². The Bertz CT molecular complexity index is 984. The molecule has 1 aromatic carbocycles. The molecule has 218 valence electrons. The van der Waals surface area contributed by atoms with Crippen LogP contribution in [0.5, 0.6) is 0 Å². The molecule has 1 aliphatic rings. The Morgan fingerprint density at radius 2 is 0.897 bits per heavy atom. The number of halogens is 2. The predicted octanol–water partition coefficient (Wildman–Crippen LogP) is 7.33. The van der Waals surface area contributed by atoms with E-state index in [1.165, 1.54) is 84.3 Å². The molecule has 0 bridgehead atoms. The molecule has 0 aromatic heterocycles. The molecule has 9 nitrogen and oxygen atoms in total. The minimum atomic E-state index is -1.68. The van der Waals surface area contributed by atoms with Crippen LogP contribution in [-0.2, 0) is 36.2 Å². The van der Waals surface area contributed by atoms with Crippen LogP contribution in [0.15, 0.2) is 12.1 Å². The Balaban J connectivity index is 0.00000124. The first kappa shape index (κ1) is 37.2. The maximum atomic E-state index is 12.7. The number of carbonyl (C=O) groups is 4. The number of benzene rings is 1. The number of hydrogen-bond donors (Lipinski definition) is 0. The van der Waals surface area contributed by atoms with Gasteiger partial charge < -0.3 is 44.9 Å². The Morgan fingerprint density at radius 1 is 0.615 bits per heavy atom. The molecular weight excluding hydrogens is 585 g/mol. The zero-order valence-corrected chi connectivity index (χ0v) is 27.1. The maximum Gasteiger partial charge on any atom is 4.00 e.